The van der Waals surface area contributed by atoms with Crippen LogP contribution in [0.4, 0.5) is 5.69 Å². The van der Waals surface area contributed by atoms with Crippen molar-refractivity contribution in [1.82, 2.24) is 10.2 Å². The SMILES string of the molecule is CC(NC(=O)C1CCCN(C(=O)c2cccs2)C1)c1ccc(NC(=O)C2CC2)cc1. The second-order valence-corrected chi connectivity index (χ2v) is 9.13. The first kappa shape index (κ1) is 20.6. The van der Waals surface area contributed by atoms with Crippen LogP contribution < -0.4 is 10.6 Å². The molecule has 1 saturated heterocycles. The van der Waals surface area contributed by atoms with Gasteiger partial charge in [-0.1, -0.05) is 18.2 Å². The Bertz CT molecular complexity index is 906. The molecule has 1 aliphatic heterocycles. The van der Waals surface area contributed by atoms with Crippen molar-refractivity contribution in [3.8, 4) is 0 Å². The van der Waals surface area contributed by atoms with E-state index in [0.717, 1.165) is 41.8 Å². The Morgan fingerprint density at radius 2 is 1.80 bits per heavy atom. The van der Waals surface area contributed by atoms with Gasteiger partial charge in [0.1, 0.15) is 0 Å². The molecule has 2 fully saturated rings. The third-order valence-corrected chi connectivity index (χ3v) is 6.65. The molecule has 2 aromatic rings. The van der Waals surface area contributed by atoms with E-state index >= 15 is 0 Å². The normalized spacial score (nSPS) is 19.8. The maximum absolute atomic E-state index is 12.8. The lowest BCUT2D eigenvalue weighted by Crippen LogP contribution is -2.45. The van der Waals surface area contributed by atoms with Gasteiger partial charge in [-0.25, -0.2) is 0 Å². The van der Waals surface area contributed by atoms with Crippen molar-refractivity contribution >= 4 is 34.7 Å². The second-order valence-electron chi connectivity index (χ2n) is 8.18. The van der Waals surface area contributed by atoms with Gasteiger partial charge in [-0.2, -0.15) is 0 Å². The summed E-state index contributed by atoms with van der Waals surface area (Å²) in [6.07, 6.45) is 3.58. The maximum atomic E-state index is 12.8. The van der Waals surface area contributed by atoms with Crippen molar-refractivity contribution < 1.29 is 14.4 Å². The smallest absolute Gasteiger partial charge is 0.263 e. The van der Waals surface area contributed by atoms with Gasteiger partial charge >= 0.3 is 0 Å². The number of hydrogen-bond donors (Lipinski definition) is 2. The summed E-state index contributed by atoms with van der Waals surface area (Å²) in [5.74, 6) is 0.0617. The second kappa shape index (κ2) is 9.00. The van der Waals surface area contributed by atoms with Crippen molar-refractivity contribution in [3.63, 3.8) is 0 Å². The first-order valence-electron chi connectivity index (χ1n) is 10.6. The molecule has 3 amide bonds. The van der Waals surface area contributed by atoms with Crippen LogP contribution in [0.2, 0.25) is 0 Å². The van der Waals surface area contributed by atoms with Crippen molar-refractivity contribution in [2.75, 3.05) is 18.4 Å². The molecule has 1 aromatic heterocycles. The lowest BCUT2D eigenvalue weighted by molar-refractivity contribution is -0.127. The Balaban J connectivity index is 1.31. The van der Waals surface area contributed by atoms with E-state index in [1.54, 1.807) is 4.90 Å². The third kappa shape index (κ3) is 4.90. The molecular formula is C23H27N3O3S. The van der Waals surface area contributed by atoms with Crippen LogP contribution in [0.3, 0.4) is 0 Å². The number of carbonyl (C=O) groups excluding carboxylic acids is 3. The minimum Gasteiger partial charge on any atom is -0.349 e. The molecule has 2 atom stereocenters. The molecule has 0 radical (unpaired) electrons. The van der Waals surface area contributed by atoms with Crippen LogP contribution in [0.25, 0.3) is 0 Å². The molecule has 2 unspecified atom stereocenters. The fraction of sp³-hybridized carbons (Fsp3) is 0.435. The lowest BCUT2D eigenvalue weighted by Gasteiger charge is -2.32. The highest BCUT2D eigenvalue weighted by molar-refractivity contribution is 7.12. The molecule has 0 bridgehead atoms. The summed E-state index contributed by atoms with van der Waals surface area (Å²) < 4.78 is 0. The van der Waals surface area contributed by atoms with Crippen LogP contribution in [-0.2, 0) is 9.59 Å². The Kier molecular flexibility index (Phi) is 6.18. The van der Waals surface area contributed by atoms with Gasteiger partial charge in [0.2, 0.25) is 11.8 Å². The van der Waals surface area contributed by atoms with Crippen LogP contribution in [0.5, 0.6) is 0 Å². The standard InChI is InChI=1S/C23H27N3O3S/c1-15(16-8-10-19(11-9-16)25-21(27)17-6-7-17)24-22(28)18-4-2-12-26(14-18)23(29)20-5-3-13-30-20/h3,5,8-11,13,15,17-18H,2,4,6-7,12,14H2,1H3,(H,24,28)(H,25,27). The van der Waals surface area contributed by atoms with Gasteiger partial charge in [0.25, 0.3) is 5.91 Å². The highest BCUT2D eigenvalue weighted by atomic mass is 32.1. The summed E-state index contributed by atoms with van der Waals surface area (Å²) in [7, 11) is 0. The zero-order valence-corrected chi connectivity index (χ0v) is 17.9. The van der Waals surface area contributed by atoms with Crippen molar-refractivity contribution in [3.05, 3.63) is 52.2 Å². The van der Waals surface area contributed by atoms with E-state index in [9.17, 15) is 14.4 Å². The first-order chi connectivity index (χ1) is 14.5. The largest absolute Gasteiger partial charge is 0.349 e. The third-order valence-electron chi connectivity index (χ3n) is 5.80. The monoisotopic (exact) mass is 425 g/mol. The predicted octanol–water partition coefficient (Wildman–Crippen LogP) is 3.83. The number of hydrogen-bond acceptors (Lipinski definition) is 4. The summed E-state index contributed by atoms with van der Waals surface area (Å²) in [5.41, 5.74) is 1.76. The highest BCUT2D eigenvalue weighted by Crippen LogP contribution is 2.30. The molecule has 2 heterocycles. The minimum atomic E-state index is -0.192. The number of nitrogens with one attached hydrogen (secondary N) is 2. The quantitative estimate of drug-likeness (QED) is 0.738. The Hall–Kier alpha value is -2.67. The Morgan fingerprint density at radius 3 is 2.47 bits per heavy atom. The topological polar surface area (TPSA) is 78.5 Å². The molecule has 0 spiro atoms. The van der Waals surface area contributed by atoms with E-state index in [4.69, 9.17) is 0 Å². The zero-order chi connectivity index (χ0) is 21.1. The lowest BCUT2D eigenvalue weighted by atomic mass is 9.96. The molecule has 6 nitrogen and oxygen atoms in total. The van der Waals surface area contributed by atoms with Crippen LogP contribution in [0.15, 0.2) is 41.8 Å². The van der Waals surface area contributed by atoms with Crippen LogP contribution in [-0.4, -0.2) is 35.7 Å². The number of benzene rings is 1. The van der Waals surface area contributed by atoms with Crippen molar-refractivity contribution in [2.45, 2.75) is 38.6 Å². The van der Waals surface area contributed by atoms with E-state index in [-0.39, 0.29) is 35.6 Å². The van der Waals surface area contributed by atoms with Gasteiger partial charge in [0.15, 0.2) is 0 Å². The Morgan fingerprint density at radius 1 is 1.03 bits per heavy atom. The number of rotatable bonds is 6. The minimum absolute atomic E-state index is 0.0133. The summed E-state index contributed by atoms with van der Waals surface area (Å²) in [5, 5.41) is 7.91. The van der Waals surface area contributed by atoms with E-state index in [1.165, 1.54) is 11.3 Å². The Labute approximate surface area is 180 Å². The van der Waals surface area contributed by atoms with E-state index in [2.05, 4.69) is 10.6 Å². The summed E-state index contributed by atoms with van der Waals surface area (Å²) in [6.45, 7) is 3.11. The van der Waals surface area contributed by atoms with E-state index < -0.39 is 0 Å². The number of nitrogens with zero attached hydrogens (tertiary/aromatic N) is 1. The van der Waals surface area contributed by atoms with Crippen LogP contribution in [0.1, 0.15) is 53.9 Å². The van der Waals surface area contributed by atoms with Gasteiger partial charge < -0.3 is 15.5 Å². The fourth-order valence-corrected chi connectivity index (χ4v) is 4.48. The predicted molar refractivity (Wildman–Crippen MR) is 117 cm³/mol. The van der Waals surface area contributed by atoms with E-state index in [0.29, 0.717) is 13.1 Å². The molecule has 2 aliphatic rings. The highest BCUT2D eigenvalue weighted by Gasteiger charge is 2.30. The van der Waals surface area contributed by atoms with Crippen molar-refractivity contribution in [1.29, 1.82) is 0 Å². The zero-order valence-electron chi connectivity index (χ0n) is 17.1. The van der Waals surface area contributed by atoms with Gasteiger partial charge in [-0.15, -0.1) is 11.3 Å². The number of carbonyl (C=O) groups is 3. The number of piperidine rings is 1. The molecule has 1 aliphatic carbocycles. The van der Waals surface area contributed by atoms with Gasteiger partial charge in [-0.3, -0.25) is 14.4 Å². The average molecular weight is 426 g/mol. The molecule has 2 N–H and O–H groups in total. The first-order valence-corrected chi connectivity index (χ1v) is 11.4. The molecular weight excluding hydrogens is 398 g/mol. The van der Waals surface area contributed by atoms with Gasteiger partial charge in [0.05, 0.1) is 16.8 Å². The number of anilines is 1. The fourth-order valence-electron chi connectivity index (χ4n) is 3.79. The molecule has 4 rings (SSSR count). The summed E-state index contributed by atoms with van der Waals surface area (Å²) >= 11 is 1.43. The van der Waals surface area contributed by atoms with Crippen LogP contribution in [0, 0.1) is 11.8 Å². The molecule has 7 heteroatoms. The summed E-state index contributed by atoms with van der Waals surface area (Å²) in [4.78, 5) is 39.8. The van der Waals surface area contributed by atoms with E-state index in [1.807, 2.05) is 48.7 Å². The molecule has 30 heavy (non-hydrogen) atoms. The number of likely N-dealkylation sites (tertiary alicyclic amines) is 1. The number of thiophene rings is 1. The average Bonchev–Trinajstić information content (AvgIpc) is 3.48. The van der Waals surface area contributed by atoms with Crippen LogP contribution >= 0.6 is 11.3 Å². The molecule has 1 aromatic carbocycles. The summed E-state index contributed by atoms with van der Waals surface area (Å²) in [6, 6.07) is 11.2. The van der Waals surface area contributed by atoms with Crippen molar-refractivity contribution in [2.24, 2.45) is 11.8 Å². The van der Waals surface area contributed by atoms with Gasteiger partial charge in [0, 0.05) is 24.7 Å². The maximum Gasteiger partial charge on any atom is 0.263 e. The molecule has 158 valence electrons. The molecule has 1 saturated carbocycles. The van der Waals surface area contributed by atoms with Gasteiger partial charge in [-0.05, 0) is 61.7 Å². The number of amides is 3.